The molecule has 41 heavy (non-hydrogen) atoms. The predicted octanol–water partition coefficient (Wildman–Crippen LogP) is 4.63. The van der Waals surface area contributed by atoms with Crippen LogP contribution in [-0.2, 0) is 9.53 Å². The summed E-state index contributed by atoms with van der Waals surface area (Å²) in [6, 6.07) is 11.3. The highest BCUT2D eigenvalue weighted by molar-refractivity contribution is 7.99. The molecule has 2 N–H and O–H groups in total. The number of ether oxygens (including phenoxy) is 1. The normalized spacial score (nSPS) is 15.8. The molecule has 0 radical (unpaired) electrons. The maximum absolute atomic E-state index is 12.7. The maximum Gasteiger partial charge on any atom is 0.234 e. The maximum atomic E-state index is 12.7. The summed E-state index contributed by atoms with van der Waals surface area (Å²) in [5.41, 5.74) is 2.56. The molecule has 5 rings (SSSR count). The van der Waals surface area contributed by atoms with Crippen molar-refractivity contribution in [1.29, 1.82) is 0 Å². The van der Waals surface area contributed by atoms with E-state index in [1.807, 2.05) is 32.0 Å². The molecule has 12 heteroatoms. The largest absolute Gasteiger partial charge is 0.362 e. The van der Waals surface area contributed by atoms with Crippen molar-refractivity contribution in [2.75, 3.05) is 50.4 Å². The fraction of sp³-hybridized carbons (Fsp3) is 0.448. The van der Waals surface area contributed by atoms with Gasteiger partial charge in [0, 0.05) is 38.3 Å². The molecule has 1 aromatic heterocycles. The zero-order valence-corrected chi connectivity index (χ0v) is 25.5. The first kappa shape index (κ1) is 29.8. The molecule has 1 aliphatic heterocycles. The van der Waals surface area contributed by atoms with Gasteiger partial charge in [-0.1, -0.05) is 52.9 Å². The zero-order chi connectivity index (χ0) is 28.8. The number of halogens is 2. The van der Waals surface area contributed by atoms with Crippen LogP contribution < -0.4 is 10.6 Å². The number of nitrogens with zero attached hydrogens (tertiary/aromatic N) is 5. The minimum Gasteiger partial charge on any atom is -0.362 e. The Kier molecular flexibility index (Phi) is 9.86. The monoisotopic (exact) mass is 613 g/mol. The van der Waals surface area contributed by atoms with Crippen molar-refractivity contribution in [3.8, 4) is 17.5 Å². The first-order chi connectivity index (χ1) is 19.8. The van der Waals surface area contributed by atoms with Crippen LogP contribution in [0.1, 0.15) is 43.7 Å². The Balaban J connectivity index is 1.12. The third-order valence-electron chi connectivity index (χ3n) is 6.85. The summed E-state index contributed by atoms with van der Waals surface area (Å²) in [5, 5.41) is 19.6. The van der Waals surface area contributed by atoms with Gasteiger partial charge in [-0.3, -0.25) is 9.69 Å². The lowest BCUT2D eigenvalue weighted by Crippen LogP contribution is -2.45. The van der Waals surface area contributed by atoms with Crippen molar-refractivity contribution in [1.82, 2.24) is 30.4 Å². The van der Waals surface area contributed by atoms with E-state index in [1.165, 1.54) is 30.2 Å². The van der Waals surface area contributed by atoms with Gasteiger partial charge in [-0.25, -0.2) is 0 Å². The highest BCUT2D eigenvalue weighted by atomic mass is 35.5. The summed E-state index contributed by atoms with van der Waals surface area (Å²) < 4.78 is 7.58. The van der Waals surface area contributed by atoms with E-state index < -0.39 is 5.60 Å². The van der Waals surface area contributed by atoms with Crippen LogP contribution >= 0.6 is 35.0 Å². The first-order valence-electron chi connectivity index (χ1n) is 13.7. The second kappa shape index (κ2) is 13.6. The van der Waals surface area contributed by atoms with Gasteiger partial charge in [0.2, 0.25) is 11.1 Å². The second-order valence-corrected chi connectivity index (χ2v) is 12.3. The van der Waals surface area contributed by atoms with Crippen molar-refractivity contribution in [2.45, 2.75) is 43.4 Å². The van der Waals surface area contributed by atoms with Gasteiger partial charge in [-0.15, -0.1) is 5.10 Å². The summed E-state index contributed by atoms with van der Waals surface area (Å²) in [6.45, 7) is 9.54. The van der Waals surface area contributed by atoms with Crippen LogP contribution in [0.2, 0.25) is 10.0 Å². The molecule has 0 unspecified atom stereocenters. The standard InChI is InChI=1S/C29H33Cl2N7O2S/c1-29(2,40-16-15-37-13-11-32-12-14-37)10-9-20-3-7-25(23(30)17-20)33-27(39)19-41-28-34-35-36-38(28)26-8-6-22(18-24(26)31)21-4-5-21/h3,6-8,17-18,21,32H,4-5,11-16,19H2,1-2H3,(H,33,39). The summed E-state index contributed by atoms with van der Waals surface area (Å²) in [7, 11) is 0. The Bertz CT molecular complexity index is 1440. The number of anilines is 1. The fourth-order valence-electron chi connectivity index (χ4n) is 4.42. The molecular formula is C29H33Cl2N7O2S. The van der Waals surface area contributed by atoms with Gasteiger partial charge in [0.05, 0.1) is 33.8 Å². The number of carbonyl (C=O) groups is 1. The molecule has 9 nitrogen and oxygen atoms in total. The molecule has 0 spiro atoms. The second-order valence-electron chi connectivity index (χ2n) is 10.6. The molecule has 3 aromatic rings. The number of benzene rings is 2. The van der Waals surface area contributed by atoms with E-state index in [-0.39, 0.29) is 11.7 Å². The van der Waals surface area contributed by atoms with E-state index in [4.69, 9.17) is 27.9 Å². The molecule has 2 heterocycles. The van der Waals surface area contributed by atoms with Gasteiger partial charge in [0.25, 0.3) is 0 Å². The zero-order valence-electron chi connectivity index (χ0n) is 23.1. The van der Waals surface area contributed by atoms with Crippen LogP contribution in [0.15, 0.2) is 41.6 Å². The van der Waals surface area contributed by atoms with Gasteiger partial charge in [0.1, 0.15) is 5.60 Å². The minimum absolute atomic E-state index is 0.0928. The Labute approximate surface area is 254 Å². The molecule has 1 saturated heterocycles. The van der Waals surface area contributed by atoms with Crippen molar-refractivity contribution < 1.29 is 9.53 Å². The van der Waals surface area contributed by atoms with Gasteiger partial charge in [-0.05, 0) is 78.9 Å². The highest BCUT2D eigenvalue weighted by Crippen LogP contribution is 2.41. The number of hydrogen-bond donors (Lipinski definition) is 2. The third-order valence-corrected chi connectivity index (χ3v) is 8.39. The van der Waals surface area contributed by atoms with Crippen LogP contribution in [-0.4, -0.2) is 81.7 Å². The van der Waals surface area contributed by atoms with E-state index in [0.29, 0.717) is 39.1 Å². The van der Waals surface area contributed by atoms with E-state index in [0.717, 1.165) is 38.3 Å². The molecule has 2 aliphatic rings. The smallest absolute Gasteiger partial charge is 0.234 e. The number of aromatic nitrogens is 4. The van der Waals surface area contributed by atoms with E-state index >= 15 is 0 Å². The highest BCUT2D eigenvalue weighted by Gasteiger charge is 2.25. The van der Waals surface area contributed by atoms with Crippen LogP contribution in [0.25, 0.3) is 5.69 Å². The molecule has 216 valence electrons. The number of carbonyl (C=O) groups excluding carboxylic acids is 1. The minimum atomic E-state index is -0.594. The van der Waals surface area contributed by atoms with E-state index in [9.17, 15) is 4.79 Å². The average Bonchev–Trinajstić information content (AvgIpc) is 3.71. The fourth-order valence-corrected chi connectivity index (χ4v) is 5.60. The quantitative estimate of drug-likeness (QED) is 0.252. The Hall–Kier alpha value is -2.65. The van der Waals surface area contributed by atoms with Crippen LogP contribution in [0.4, 0.5) is 5.69 Å². The van der Waals surface area contributed by atoms with E-state index in [1.54, 1.807) is 16.8 Å². The SMILES string of the molecule is CC(C)(C#Cc1ccc(NC(=O)CSc2nnnn2-c2ccc(C3CC3)cc2Cl)c(Cl)c1)OCCN1CCNCC1. The average molecular weight is 615 g/mol. The predicted molar refractivity (Wildman–Crippen MR) is 163 cm³/mol. The molecule has 0 bridgehead atoms. The lowest BCUT2D eigenvalue weighted by molar-refractivity contribution is -0.113. The molecule has 1 aliphatic carbocycles. The number of thioether (sulfide) groups is 1. The Morgan fingerprint density at radius 2 is 1.98 bits per heavy atom. The van der Waals surface area contributed by atoms with Crippen LogP contribution in [0.3, 0.4) is 0 Å². The van der Waals surface area contributed by atoms with Crippen LogP contribution in [0, 0.1) is 11.8 Å². The van der Waals surface area contributed by atoms with Gasteiger partial charge >= 0.3 is 0 Å². The lowest BCUT2D eigenvalue weighted by Gasteiger charge is -2.28. The summed E-state index contributed by atoms with van der Waals surface area (Å²) in [6.07, 6.45) is 2.39. The first-order valence-corrected chi connectivity index (χ1v) is 15.4. The lowest BCUT2D eigenvalue weighted by atomic mass is 10.1. The number of hydrogen-bond acceptors (Lipinski definition) is 8. The van der Waals surface area contributed by atoms with Crippen molar-refractivity contribution in [2.24, 2.45) is 0 Å². The molecule has 1 saturated carbocycles. The van der Waals surface area contributed by atoms with Crippen LogP contribution in [0.5, 0.6) is 0 Å². The van der Waals surface area contributed by atoms with Crippen molar-refractivity contribution >= 4 is 46.6 Å². The Morgan fingerprint density at radius 1 is 1.17 bits per heavy atom. The number of rotatable bonds is 10. The molecule has 2 fully saturated rings. The van der Waals surface area contributed by atoms with Gasteiger partial charge in [-0.2, -0.15) is 4.68 Å². The van der Waals surface area contributed by atoms with Crippen molar-refractivity contribution in [3.63, 3.8) is 0 Å². The van der Waals surface area contributed by atoms with E-state index in [2.05, 4.69) is 49.0 Å². The molecule has 2 aromatic carbocycles. The van der Waals surface area contributed by atoms with Crippen molar-refractivity contribution in [3.05, 3.63) is 57.6 Å². The molecule has 0 atom stereocenters. The number of nitrogens with one attached hydrogen (secondary N) is 2. The molecule has 1 amide bonds. The third kappa shape index (κ3) is 8.44. The topological polar surface area (TPSA) is 97.2 Å². The molecular weight excluding hydrogens is 581 g/mol. The Morgan fingerprint density at radius 3 is 2.71 bits per heavy atom. The number of tetrazole rings is 1. The number of piperazine rings is 1. The van der Waals surface area contributed by atoms with Gasteiger partial charge < -0.3 is 15.4 Å². The number of amides is 1. The summed E-state index contributed by atoms with van der Waals surface area (Å²) >= 11 is 14.2. The summed E-state index contributed by atoms with van der Waals surface area (Å²) in [5.74, 6) is 6.78. The van der Waals surface area contributed by atoms with Gasteiger partial charge in [0.15, 0.2) is 0 Å². The summed E-state index contributed by atoms with van der Waals surface area (Å²) in [4.78, 5) is 15.1.